The number of aliphatic hydroxyl groups excluding tert-OH is 1. The summed E-state index contributed by atoms with van der Waals surface area (Å²) in [6.45, 7) is 10.7. The van der Waals surface area contributed by atoms with Crippen LogP contribution in [-0.2, 0) is 20.7 Å². The molecule has 1 N–H and O–H groups in total. The first-order chi connectivity index (χ1) is 12.7. The number of anilines is 1. The van der Waals surface area contributed by atoms with Crippen LogP contribution in [0.5, 0.6) is 0 Å². The summed E-state index contributed by atoms with van der Waals surface area (Å²) in [5.74, 6) is 0.721. The van der Waals surface area contributed by atoms with Crippen molar-refractivity contribution in [1.29, 1.82) is 0 Å². The lowest BCUT2D eigenvalue weighted by molar-refractivity contribution is -0.142. The second-order valence-corrected chi connectivity index (χ2v) is 5.47. The molecule has 6 heteroatoms. The average molecular weight is 360 g/mol. The molecule has 0 unspecified atom stereocenters. The molecule has 1 fully saturated rings. The summed E-state index contributed by atoms with van der Waals surface area (Å²) in [5, 5.41) is 7.00. The van der Waals surface area contributed by atoms with Crippen LogP contribution in [0.15, 0.2) is 55.3 Å². The van der Waals surface area contributed by atoms with Crippen molar-refractivity contribution in [2.45, 2.75) is 12.8 Å². The van der Waals surface area contributed by atoms with Crippen LogP contribution in [0.4, 0.5) is 5.82 Å². The van der Waals surface area contributed by atoms with E-state index in [0.717, 1.165) is 50.4 Å². The van der Waals surface area contributed by atoms with E-state index in [4.69, 9.17) is 14.6 Å². The quantitative estimate of drug-likeness (QED) is 0.567. The Labute approximate surface area is 155 Å². The number of hydrogen-bond acceptors (Lipinski definition) is 6. The van der Waals surface area contributed by atoms with Crippen LogP contribution < -0.4 is 4.90 Å². The van der Waals surface area contributed by atoms with Gasteiger partial charge in [0.25, 0.3) is 0 Å². The second kappa shape index (κ2) is 12.9. The van der Waals surface area contributed by atoms with Gasteiger partial charge in [-0.15, -0.1) is 0 Å². The molecule has 1 aromatic rings. The van der Waals surface area contributed by atoms with Crippen LogP contribution in [0.25, 0.3) is 0 Å². The van der Waals surface area contributed by atoms with E-state index in [-0.39, 0.29) is 12.6 Å². The molecule has 1 aromatic heterocycles. The summed E-state index contributed by atoms with van der Waals surface area (Å²) in [7, 11) is 1.00. The Hall–Kier alpha value is -2.44. The van der Waals surface area contributed by atoms with Crippen LogP contribution in [0.1, 0.15) is 12.0 Å². The predicted molar refractivity (Wildman–Crippen MR) is 103 cm³/mol. The van der Waals surface area contributed by atoms with E-state index in [1.807, 2.05) is 18.3 Å². The Morgan fingerprint density at radius 2 is 2.08 bits per heavy atom. The molecule has 1 saturated heterocycles. The molecule has 0 saturated carbocycles. The van der Waals surface area contributed by atoms with Crippen LogP contribution in [0, 0.1) is 0 Å². The highest BCUT2D eigenvalue weighted by Crippen LogP contribution is 2.14. The van der Waals surface area contributed by atoms with E-state index in [0.29, 0.717) is 12.8 Å². The van der Waals surface area contributed by atoms with E-state index in [1.54, 1.807) is 18.2 Å². The van der Waals surface area contributed by atoms with Crippen molar-refractivity contribution < 1.29 is 19.4 Å². The van der Waals surface area contributed by atoms with Crippen molar-refractivity contribution >= 4 is 11.8 Å². The first kappa shape index (κ1) is 21.6. The van der Waals surface area contributed by atoms with E-state index in [2.05, 4.69) is 23.0 Å². The van der Waals surface area contributed by atoms with Crippen molar-refractivity contribution in [3.63, 3.8) is 0 Å². The van der Waals surface area contributed by atoms with Gasteiger partial charge >= 0.3 is 5.97 Å². The van der Waals surface area contributed by atoms with Crippen molar-refractivity contribution in [3.8, 4) is 0 Å². The van der Waals surface area contributed by atoms with Gasteiger partial charge in [-0.1, -0.05) is 37.5 Å². The summed E-state index contributed by atoms with van der Waals surface area (Å²) in [5.41, 5.74) is 1.85. The van der Waals surface area contributed by atoms with Crippen LogP contribution in [0.3, 0.4) is 0 Å². The van der Waals surface area contributed by atoms with Gasteiger partial charge in [-0.3, -0.25) is 4.79 Å². The number of allylic oxidation sites excluding steroid dienone is 2. The van der Waals surface area contributed by atoms with E-state index >= 15 is 0 Å². The number of carbonyl (C=O) groups is 1. The van der Waals surface area contributed by atoms with Gasteiger partial charge in [0.15, 0.2) is 0 Å². The molecule has 26 heavy (non-hydrogen) atoms. The Morgan fingerprint density at radius 3 is 2.65 bits per heavy atom. The van der Waals surface area contributed by atoms with Gasteiger partial charge in [-0.25, -0.2) is 4.98 Å². The van der Waals surface area contributed by atoms with Crippen molar-refractivity contribution in [1.82, 2.24) is 4.98 Å². The minimum atomic E-state index is -0.232. The number of rotatable bonds is 8. The van der Waals surface area contributed by atoms with Crippen molar-refractivity contribution in [2.75, 3.05) is 44.9 Å². The number of aliphatic hydroxyl groups is 1. The third-order valence-corrected chi connectivity index (χ3v) is 3.76. The lowest BCUT2D eigenvalue weighted by Crippen LogP contribution is -2.36. The summed E-state index contributed by atoms with van der Waals surface area (Å²) >= 11 is 0. The van der Waals surface area contributed by atoms with Gasteiger partial charge in [0, 0.05) is 32.8 Å². The van der Waals surface area contributed by atoms with Crippen LogP contribution in [-0.4, -0.2) is 56.1 Å². The normalized spacial score (nSPS) is 14.1. The first-order valence-electron chi connectivity index (χ1n) is 8.55. The Bertz CT molecular complexity index is 590. The second-order valence-electron chi connectivity index (χ2n) is 5.47. The Balaban J connectivity index is 0.00000163. The fraction of sp³-hybridized carbons (Fsp3) is 0.400. The molecule has 2 heterocycles. The molecule has 1 aliphatic rings. The molecule has 1 aliphatic heterocycles. The number of pyridine rings is 1. The third-order valence-electron chi connectivity index (χ3n) is 3.76. The van der Waals surface area contributed by atoms with E-state index < -0.39 is 0 Å². The summed E-state index contributed by atoms with van der Waals surface area (Å²) in [6, 6.07) is 4.01. The molecule has 0 radical (unpaired) electrons. The number of nitrogens with zero attached hydrogens (tertiary/aromatic N) is 2. The van der Waals surface area contributed by atoms with Gasteiger partial charge in [0.05, 0.1) is 13.2 Å². The van der Waals surface area contributed by atoms with Gasteiger partial charge in [0.1, 0.15) is 12.4 Å². The van der Waals surface area contributed by atoms with Crippen molar-refractivity contribution in [2.24, 2.45) is 0 Å². The first-order valence-corrected chi connectivity index (χ1v) is 8.55. The van der Waals surface area contributed by atoms with Gasteiger partial charge in [0.2, 0.25) is 0 Å². The number of aryl methyl sites for hydroxylation is 1. The molecular formula is C20H28N2O4. The molecular weight excluding hydrogens is 332 g/mol. The van der Waals surface area contributed by atoms with Crippen LogP contribution in [0.2, 0.25) is 0 Å². The zero-order valence-electron chi connectivity index (χ0n) is 15.4. The Kier molecular flexibility index (Phi) is 10.7. The topological polar surface area (TPSA) is 71.9 Å². The maximum Gasteiger partial charge on any atom is 0.306 e. The fourth-order valence-corrected chi connectivity index (χ4v) is 2.35. The molecule has 0 bridgehead atoms. The smallest absolute Gasteiger partial charge is 0.306 e. The summed E-state index contributed by atoms with van der Waals surface area (Å²) in [6.07, 6.45) is 7.84. The van der Waals surface area contributed by atoms with Gasteiger partial charge < -0.3 is 19.5 Å². The highest BCUT2D eigenvalue weighted by Gasteiger charge is 2.12. The lowest BCUT2D eigenvalue weighted by Gasteiger charge is -2.27. The molecule has 0 atom stereocenters. The van der Waals surface area contributed by atoms with Crippen molar-refractivity contribution in [3.05, 3.63) is 60.9 Å². The average Bonchev–Trinajstić information content (AvgIpc) is 2.72. The lowest BCUT2D eigenvalue weighted by atomic mass is 10.1. The fourth-order valence-electron chi connectivity index (χ4n) is 2.35. The predicted octanol–water partition coefficient (Wildman–Crippen LogP) is 2.30. The highest BCUT2D eigenvalue weighted by molar-refractivity contribution is 5.70. The highest BCUT2D eigenvalue weighted by atomic mass is 16.5. The molecule has 0 spiro atoms. The molecule has 0 aromatic carbocycles. The van der Waals surface area contributed by atoms with Gasteiger partial charge in [-0.05, 0) is 23.6 Å². The van der Waals surface area contributed by atoms with Crippen LogP contribution >= 0.6 is 0 Å². The minimum Gasteiger partial charge on any atom is -0.461 e. The minimum absolute atomic E-state index is 0.225. The monoisotopic (exact) mass is 360 g/mol. The van der Waals surface area contributed by atoms with Gasteiger partial charge in [-0.2, -0.15) is 0 Å². The summed E-state index contributed by atoms with van der Waals surface area (Å²) in [4.78, 5) is 18.5. The number of carbonyl (C=O) groups excluding carboxylic acids is 1. The molecule has 6 nitrogen and oxygen atoms in total. The maximum absolute atomic E-state index is 11.8. The third kappa shape index (κ3) is 7.63. The largest absolute Gasteiger partial charge is 0.461 e. The number of esters is 1. The standard InChI is InChI=1S/C19H24N2O3.CH4O/c1-3-5-16(4-2)15-24-19(22)9-7-17-6-8-18(20-14-17)21-10-12-23-13-11-21;1-2/h3-6,8,14H,1-2,7,9-13,15H2;2H,1H3/b16-5+;. The Morgan fingerprint density at radius 1 is 1.35 bits per heavy atom. The van der Waals surface area contributed by atoms with E-state index in [1.165, 1.54) is 0 Å². The SMILES string of the molecule is C=C/C=C(\C=C)COC(=O)CCc1ccc(N2CCOCC2)nc1.CO. The molecule has 0 aliphatic carbocycles. The molecule has 0 amide bonds. The number of aromatic nitrogens is 1. The number of morpholine rings is 1. The number of hydrogen-bond donors (Lipinski definition) is 1. The maximum atomic E-state index is 11.8. The molecule has 2 rings (SSSR count). The zero-order valence-corrected chi connectivity index (χ0v) is 15.4. The number of ether oxygens (including phenoxy) is 2. The zero-order chi connectivity index (χ0) is 19.2. The molecule has 142 valence electrons. The summed E-state index contributed by atoms with van der Waals surface area (Å²) < 4.78 is 10.6. The van der Waals surface area contributed by atoms with E-state index in [9.17, 15) is 4.79 Å².